The summed E-state index contributed by atoms with van der Waals surface area (Å²) in [5.74, 6) is 0. The van der Waals surface area contributed by atoms with Crippen LogP contribution < -0.4 is 0 Å². The number of rotatable bonds is 18. The van der Waals surface area contributed by atoms with E-state index in [0.717, 1.165) is 19.1 Å². The Kier molecular flexibility index (Phi) is 18.4. The number of aliphatic hydroxyl groups is 1. The van der Waals surface area contributed by atoms with Crippen LogP contribution in [0.4, 0.5) is 0 Å². The highest BCUT2D eigenvalue weighted by molar-refractivity contribution is 5.58. The SMILES string of the molecule is CCCCCCCCCCCCCCCCCCC(O)C=N. The van der Waals surface area contributed by atoms with Crippen molar-refractivity contribution in [3.05, 3.63) is 0 Å². The second kappa shape index (κ2) is 18.7. The predicted octanol–water partition coefficient (Wildman–Crippen LogP) is 6.65. The Morgan fingerprint density at radius 3 is 1.27 bits per heavy atom. The molecule has 0 amide bonds. The molecule has 0 fully saturated rings. The Morgan fingerprint density at radius 2 is 0.955 bits per heavy atom. The van der Waals surface area contributed by atoms with Gasteiger partial charge in [-0.15, -0.1) is 0 Å². The molecule has 0 aliphatic heterocycles. The van der Waals surface area contributed by atoms with E-state index in [9.17, 15) is 5.11 Å². The summed E-state index contributed by atoms with van der Waals surface area (Å²) >= 11 is 0. The molecule has 0 aromatic heterocycles. The third-order valence-electron chi connectivity index (χ3n) is 4.55. The van der Waals surface area contributed by atoms with Crippen LogP contribution in [0, 0.1) is 5.41 Å². The topological polar surface area (TPSA) is 44.1 Å². The van der Waals surface area contributed by atoms with Gasteiger partial charge in [-0.2, -0.15) is 0 Å². The first kappa shape index (κ1) is 21.6. The fraction of sp³-hybridized carbons (Fsp3) is 0.950. The van der Waals surface area contributed by atoms with E-state index in [2.05, 4.69) is 6.92 Å². The first-order chi connectivity index (χ1) is 10.8. The van der Waals surface area contributed by atoms with Gasteiger partial charge in [0.25, 0.3) is 0 Å². The van der Waals surface area contributed by atoms with Crippen molar-refractivity contribution < 1.29 is 5.11 Å². The Bertz CT molecular complexity index is 218. The zero-order chi connectivity index (χ0) is 16.3. The summed E-state index contributed by atoms with van der Waals surface area (Å²) in [5, 5.41) is 16.2. The molecule has 0 aliphatic carbocycles. The van der Waals surface area contributed by atoms with Crippen molar-refractivity contribution in [3.63, 3.8) is 0 Å². The Labute approximate surface area is 139 Å². The summed E-state index contributed by atoms with van der Waals surface area (Å²) in [7, 11) is 0. The van der Waals surface area contributed by atoms with E-state index in [0.29, 0.717) is 0 Å². The molecule has 0 bridgehead atoms. The van der Waals surface area contributed by atoms with Gasteiger partial charge in [-0.05, 0) is 6.42 Å². The van der Waals surface area contributed by atoms with Gasteiger partial charge >= 0.3 is 0 Å². The fourth-order valence-electron chi connectivity index (χ4n) is 2.98. The highest BCUT2D eigenvalue weighted by Gasteiger charge is 1.98. The first-order valence-corrected chi connectivity index (χ1v) is 10.00. The first-order valence-electron chi connectivity index (χ1n) is 10.00. The number of nitrogens with one attached hydrogen (secondary N) is 1. The van der Waals surface area contributed by atoms with E-state index in [4.69, 9.17) is 5.41 Å². The van der Waals surface area contributed by atoms with Crippen molar-refractivity contribution in [1.82, 2.24) is 0 Å². The average molecular weight is 312 g/mol. The molecule has 1 atom stereocenters. The van der Waals surface area contributed by atoms with E-state index in [1.54, 1.807) is 0 Å². The van der Waals surface area contributed by atoms with Crippen LogP contribution in [0.25, 0.3) is 0 Å². The molecule has 0 radical (unpaired) electrons. The van der Waals surface area contributed by atoms with Gasteiger partial charge in [0, 0.05) is 6.21 Å². The van der Waals surface area contributed by atoms with E-state index < -0.39 is 6.10 Å². The van der Waals surface area contributed by atoms with Gasteiger partial charge in [0.2, 0.25) is 0 Å². The summed E-state index contributed by atoms with van der Waals surface area (Å²) in [5.41, 5.74) is 0. The lowest BCUT2D eigenvalue weighted by molar-refractivity contribution is 0.230. The van der Waals surface area contributed by atoms with Crippen LogP contribution in [0.3, 0.4) is 0 Å². The number of hydrogen-bond donors (Lipinski definition) is 2. The molecule has 0 spiro atoms. The molecule has 1 unspecified atom stereocenters. The van der Waals surface area contributed by atoms with Gasteiger partial charge in [-0.1, -0.05) is 110 Å². The molecule has 2 N–H and O–H groups in total. The maximum atomic E-state index is 9.23. The normalized spacial score (nSPS) is 12.5. The smallest absolute Gasteiger partial charge is 0.0884 e. The van der Waals surface area contributed by atoms with Crippen LogP contribution in [0.2, 0.25) is 0 Å². The van der Waals surface area contributed by atoms with Gasteiger partial charge in [0.05, 0.1) is 6.10 Å². The standard InChI is InChI=1S/C20H41NO/c1-2-3-4-5-6-7-8-9-10-11-12-13-14-15-16-17-18-20(22)19-21/h19-22H,2-18H2,1H3. The number of hydrogen-bond acceptors (Lipinski definition) is 2. The minimum Gasteiger partial charge on any atom is -0.387 e. The second-order valence-electron chi connectivity index (χ2n) is 6.83. The van der Waals surface area contributed by atoms with Gasteiger partial charge in [0.15, 0.2) is 0 Å². The third-order valence-corrected chi connectivity index (χ3v) is 4.55. The molecule has 2 nitrogen and oxygen atoms in total. The lowest BCUT2D eigenvalue weighted by Gasteiger charge is -2.04. The molecule has 2 heteroatoms. The monoisotopic (exact) mass is 311 g/mol. The molecule has 0 aromatic carbocycles. The zero-order valence-corrected chi connectivity index (χ0v) is 15.1. The summed E-state index contributed by atoms with van der Waals surface area (Å²) in [6, 6.07) is 0. The van der Waals surface area contributed by atoms with Crippen molar-refractivity contribution in [2.75, 3.05) is 0 Å². The van der Waals surface area contributed by atoms with Crippen LogP contribution >= 0.6 is 0 Å². The fourth-order valence-corrected chi connectivity index (χ4v) is 2.98. The van der Waals surface area contributed by atoms with Crippen molar-refractivity contribution in [2.45, 2.75) is 122 Å². The van der Waals surface area contributed by atoms with Crippen LogP contribution in [0.5, 0.6) is 0 Å². The number of aliphatic hydroxyl groups excluding tert-OH is 1. The van der Waals surface area contributed by atoms with Gasteiger partial charge in [-0.3, -0.25) is 0 Å². The molecule has 0 aromatic rings. The molecule has 0 rings (SSSR count). The second-order valence-corrected chi connectivity index (χ2v) is 6.83. The third kappa shape index (κ3) is 17.7. The molecule has 0 saturated carbocycles. The molecular formula is C20H41NO. The van der Waals surface area contributed by atoms with E-state index in [-0.39, 0.29) is 0 Å². The minimum atomic E-state index is -0.508. The van der Waals surface area contributed by atoms with Crippen LogP contribution in [0.15, 0.2) is 0 Å². The molecule has 0 aliphatic rings. The van der Waals surface area contributed by atoms with Crippen molar-refractivity contribution in [3.8, 4) is 0 Å². The van der Waals surface area contributed by atoms with Gasteiger partial charge < -0.3 is 10.5 Å². The summed E-state index contributed by atoms with van der Waals surface area (Å²) in [4.78, 5) is 0. The maximum Gasteiger partial charge on any atom is 0.0884 e. The Hall–Kier alpha value is -0.370. The van der Waals surface area contributed by atoms with Crippen LogP contribution in [-0.2, 0) is 0 Å². The maximum absolute atomic E-state index is 9.23. The largest absolute Gasteiger partial charge is 0.387 e. The minimum absolute atomic E-state index is 0.508. The quantitative estimate of drug-likeness (QED) is 0.216. The van der Waals surface area contributed by atoms with Gasteiger partial charge in [-0.25, -0.2) is 0 Å². The molecule has 0 heterocycles. The van der Waals surface area contributed by atoms with Crippen LogP contribution in [-0.4, -0.2) is 17.4 Å². The van der Waals surface area contributed by atoms with Crippen molar-refractivity contribution in [2.24, 2.45) is 0 Å². The lowest BCUT2D eigenvalue weighted by atomic mass is 10.0. The van der Waals surface area contributed by atoms with E-state index in [1.165, 1.54) is 96.3 Å². The van der Waals surface area contributed by atoms with Crippen LogP contribution in [0.1, 0.15) is 116 Å². The molecular weight excluding hydrogens is 270 g/mol. The predicted molar refractivity (Wildman–Crippen MR) is 99.0 cm³/mol. The summed E-state index contributed by atoms with van der Waals surface area (Å²) < 4.78 is 0. The number of unbranched alkanes of at least 4 members (excludes halogenated alkanes) is 15. The summed E-state index contributed by atoms with van der Waals surface area (Å²) in [6.45, 7) is 2.28. The Morgan fingerprint density at radius 1 is 0.636 bits per heavy atom. The molecule has 132 valence electrons. The highest BCUT2D eigenvalue weighted by Crippen LogP contribution is 2.14. The summed E-state index contributed by atoms with van der Waals surface area (Å²) in [6.07, 6.45) is 23.4. The molecule has 22 heavy (non-hydrogen) atoms. The highest BCUT2D eigenvalue weighted by atomic mass is 16.3. The zero-order valence-electron chi connectivity index (χ0n) is 15.1. The average Bonchev–Trinajstić information content (AvgIpc) is 2.54. The van der Waals surface area contributed by atoms with E-state index in [1.807, 2.05) is 0 Å². The van der Waals surface area contributed by atoms with Crippen molar-refractivity contribution in [1.29, 1.82) is 5.41 Å². The van der Waals surface area contributed by atoms with E-state index >= 15 is 0 Å². The Balaban J connectivity index is 2.98. The van der Waals surface area contributed by atoms with Crippen molar-refractivity contribution >= 4 is 6.21 Å². The van der Waals surface area contributed by atoms with Gasteiger partial charge in [0.1, 0.15) is 0 Å². The molecule has 0 saturated heterocycles. The lowest BCUT2D eigenvalue weighted by Crippen LogP contribution is -2.06.